The first kappa shape index (κ1) is 18.0. The second kappa shape index (κ2) is 7.04. The number of hydrogen-bond acceptors (Lipinski definition) is 3. The van der Waals surface area contributed by atoms with Gasteiger partial charge in [-0.1, -0.05) is 46.2 Å². The van der Waals surface area contributed by atoms with Crippen LogP contribution in [0.3, 0.4) is 0 Å². The number of nitrogens with zero attached hydrogens (tertiary/aromatic N) is 1. The van der Waals surface area contributed by atoms with E-state index in [4.69, 9.17) is 0 Å². The summed E-state index contributed by atoms with van der Waals surface area (Å²) in [4.78, 5) is 2.68. The minimum Gasteiger partial charge on any atom is -0.200 e. The van der Waals surface area contributed by atoms with Gasteiger partial charge in [-0.05, 0) is 54.7 Å². The van der Waals surface area contributed by atoms with Crippen molar-refractivity contribution >= 4 is 15.7 Å². The third-order valence-corrected chi connectivity index (χ3v) is 5.49. The SMILES string of the molecule is CCCc1ccc(S(=O)(=O)N/N=C2/CC(C)CC(C)(C)C2)cc1. The van der Waals surface area contributed by atoms with E-state index in [-0.39, 0.29) is 10.3 Å². The average Bonchev–Trinajstić information content (AvgIpc) is 2.44. The van der Waals surface area contributed by atoms with Crippen molar-refractivity contribution in [3.63, 3.8) is 0 Å². The molecular weight excluding hydrogens is 308 g/mol. The molecule has 2 rings (SSSR count). The van der Waals surface area contributed by atoms with Gasteiger partial charge in [-0.2, -0.15) is 13.5 Å². The van der Waals surface area contributed by atoms with Crippen molar-refractivity contribution in [3.8, 4) is 0 Å². The highest BCUT2D eigenvalue weighted by Crippen LogP contribution is 2.36. The number of benzene rings is 1. The topological polar surface area (TPSA) is 58.5 Å². The molecule has 0 saturated heterocycles. The van der Waals surface area contributed by atoms with E-state index in [1.165, 1.54) is 0 Å². The Balaban J connectivity index is 2.10. The normalized spacial score (nSPS) is 23.0. The predicted octanol–water partition coefficient (Wildman–Crippen LogP) is 4.12. The molecule has 0 aliphatic heterocycles. The Hall–Kier alpha value is -1.36. The third kappa shape index (κ3) is 5.06. The number of aryl methyl sites for hydroxylation is 1. The van der Waals surface area contributed by atoms with Gasteiger partial charge < -0.3 is 0 Å². The van der Waals surface area contributed by atoms with Gasteiger partial charge in [0.2, 0.25) is 0 Å². The first-order chi connectivity index (χ1) is 10.7. The van der Waals surface area contributed by atoms with Crippen molar-refractivity contribution in [2.24, 2.45) is 16.4 Å². The van der Waals surface area contributed by atoms with Crippen molar-refractivity contribution < 1.29 is 8.42 Å². The van der Waals surface area contributed by atoms with Crippen LogP contribution in [0.1, 0.15) is 58.9 Å². The summed E-state index contributed by atoms with van der Waals surface area (Å²) in [5.74, 6) is 0.537. The Morgan fingerprint density at radius 2 is 1.91 bits per heavy atom. The van der Waals surface area contributed by atoms with Gasteiger partial charge >= 0.3 is 0 Å². The number of hydrazone groups is 1. The van der Waals surface area contributed by atoms with E-state index in [9.17, 15) is 8.42 Å². The first-order valence-electron chi connectivity index (χ1n) is 8.38. The smallest absolute Gasteiger partial charge is 0.200 e. The largest absolute Gasteiger partial charge is 0.276 e. The lowest BCUT2D eigenvalue weighted by Gasteiger charge is -2.34. The zero-order valence-electron chi connectivity index (χ0n) is 14.6. The van der Waals surface area contributed by atoms with E-state index in [1.54, 1.807) is 12.1 Å². The van der Waals surface area contributed by atoms with Crippen LogP contribution < -0.4 is 4.83 Å². The second-order valence-corrected chi connectivity index (χ2v) is 9.18. The fourth-order valence-corrected chi connectivity index (χ4v) is 4.35. The van der Waals surface area contributed by atoms with Gasteiger partial charge in [-0.3, -0.25) is 0 Å². The lowest BCUT2D eigenvalue weighted by Crippen LogP contribution is -2.30. The Morgan fingerprint density at radius 1 is 1.26 bits per heavy atom. The van der Waals surface area contributed by atoms with Gasteiger partial charge in [0.1, 0.15) is 0 Å². The maximum atomic E-state index is 12.4. The van der Waals surface area contributed by atoms with E-state index in [1.807, 2.05) is 12.1 Å². The van der Waals surface area contributed by atoms with Gasteiger partial charge in [-0.25, -0.2) is 4.83 Å². The lowest BCUT2D eigenvalue weighted by atomic mass is 9.72. The van der Waals surface area contributed by atoms with Crippen LogP contribution in [-0.2, 0) is 16.4 Å². The molecule has 1 aliphatic rings. The van der Waals surface area contributed by atoms with Crippen molar-refractivity contribution in [3.05, 3.63) is 29.8 Å². The number of nitrogens with one attached hydrogen (secondary N) is 1. The Bertz CT molecular complexity index is 661. The molecule has 1 aliphatic carbocycles. The molecule has 5 heteroatoms. The van der Waals surface area contributed by atoms with Gasteiger partial charge in [-0.15, -0.1) is 0 Å². The number of rotatable bonds is 5. The number of sulfonamides is 1. The van der Waals surface area contributed by atoms with Gasteiger partial charge in [0.15, 0.2) is 0 Å². The number of hydrogen-bond donors (Lipinski definition) is 1. The second-order valence-electron chi connectivity index (χ2n) is 7.52. The highest BCUT2D eigenvalue weighted by molar-refractivity contribution is 7.89. The summed E-state index contributed by atoms with van der Waals surface area (Å²) in [6.07, 6.45) is 4.86. The van der Waals surface area contributed by atoms with Crippen LogP contribution in [-0.4, -0.2) is 14.1 Å². The standard InChI is InChI=1S/C18H28N2O2S/c1-5-6-15-7-9-17(10-8-15)23(21,22)20-19-16-11-14(2)12-18(3,4)13-16/h7-10,14,20H,5-6,11-13H2,1-4H3/b19-16-. The van der Waals surface area contributed by atoms with E-state index in [0.29, 0.717) is 5.92 Å². The summed E-state index contributed by atoms with van der Waals surface area (Å²) >= 11 is 0. The Labute approximate surface area is 140 Å². The maximum absolute atomic E-state index is 12.4. The molecule has 128 valence electrons. The van der Waals surface area contributed by atoms with Crippen LogP contribution in [0.25, 0.3) is 0 Å². The van der Waals surface area contributed by atoms with Crippen molar-refractivity contribution in [2.75, 3.05) is 0 Å². The van der Waals surface area contributed by atoms with Crippen molar-refractivity contribution in [2.45, 2.75) is 64.7 Å². The zero-order valence-corrected chi connectivity index (χ0v) is 15.4. The third-order valence-electron chi connectivity index (χ3n) is 4.26. The fraction of sp³-hybridized carbons (Fsp3) is 0.611. The van der Waals surface area contributed by atoms with Crippen LogP contribution in [0.15, 0.2) is 34.3 Å². The van der Waals surface area contributed by atoms with Gasteiger partial charge in [0.25, 0.3) is 10.0 Å². The highest BCUT2D eigenvalue weighted by atomic mass is 32.2. The van der Waals surface area contributed by atoms with Crippen LogP contribution in [0.4, 0.5) is 0 Å². The lowest BCUT2D eigenvalue weighted by molar-refractivity contribution is 0.265. The van der Waals surface area contributed by atoms with Gasteiger partial charge in [0, 0.05) is 5.71 Å². The zero-order chi connectivity index (χ0) is 17.1. The minimum absolute atomic E-state index is 0.184. The summed E-state index contributed by atoms with van der Waals surface area (Å²) in [6.45, 7) is 8.71. The average molecular weight is 337 g/mol. The summed E-state index contributed by atoms with van der Waals surface area (Å²) < 4.78 is 24.7. The molecule has 1 atom stereocenters. The van der Waals surface area contributed by atoms with E-state index >= 15 is 0 Å². The highest BCUT2D eigenvalue weighted by Gasteiger charge is 2.29. The molecule has 0 spiro atoms. The van der Waals surface area contributed by atoms with E-state index < -0.39 is 10.0 Å². The van der Waals surface area contributed by atoms with Crippen LogP contribution in [0.5, 0.6) is 0 Å². The quantitative estimate of drug-likeness (QED) is 0.822. The fourth-order valence-electron chi connectivity index (χ4n) is 3.50. The van der Waals surface area contributed by atoms with Crippen LogP contribution >= 0.6 is 0 Å². The monoisotopic (exact) mass is 336 g/mol. The molecule has 0 bridgehead atoms. The molecule has 1 unspecified atom stereocenters. The van der Waals surface area contributed by atoms with Gasteiger partial charge in [0.05, 0.1) is 4.90 Å². The molecule has 0 radical (unpaired) electrons. The molecule has 1 fully saturated rings. The Morgan fingerprint density at radius 3 is 2.48 bits per heavy atom. The van der Waals surface area contributed by atoms with E-state index in [0.717, 1.165) is 43.4 Å². The molecule has 4 nitrogen and oxygen atoms in total. The molecule has 0 amide bonds. The first-order valence-corrected chi connectivity index (χ1v) is 9.86. The van der Waals surface area contributed by atoms with Crippen LogP contribution in [0.2, 0.25) is 0 Å². The molecule has 0 aromatic heterocycles. The predicted molar refractivity (Wildman–Crippen MR) is 95.0 cm³/mol. The molecule has 1 aromatic carbocycles. The molecule has 1 saturated carbocycles. The summed E-state index contributed by atoms with van der Waals surface area (Å²) in [5, 5.41) is 4.21. The Kier molecular flexibility index (Phi) is 5.50. The molecule has 23 heavy (non-hydrogen) atoms. The van der Waals surface area contributed by atoms with Crippen molar-refractivity contribution in [1.29, 1.82) is 0 Å². The molecule has 1 N–H and O–H groups in total. The molecular formula is C18H28N2O2S. The minimum atomic E-state index is -3.58. The summed E-state index contributed by atoms with van der Waals surface area (Å²) in [6, 6.07) is 7.05. The van der Waals surface area contributed by atoms with E-state index in [2.05, 4.69) is 37.6 Å². The molecule has 0 heterocycles. The summed E-state index contributed by atoms with van der Waals surface area (Å²) in [5.41, 5.74) is 2.28. The van der Waals surface area contributed by atoms with Crippen molar-refractivity contribution in [1.82, 2.24) is 4.83 Å². The summed E-state index contributed by atoms with van der Waals surface area (Å²) in [7, 11) is -3.58. The maximum Gasteiger partial charge on any atom is 0.276 e. The van der Waals surface area contributed by atoms with Crippen LogP contribution in [0, 0.1) is 11.3 Å². The molecule has 1 aromatic rings.